The molecule has 1 nitrogen and oxygen atoms in total. The maximum absolute atomic E-state index is 12.8. The number of halogens is 2. The van der Waals surface area contributed by atoms with Crippen LogP contribution in [0.15, 0.2) is 0 Å². The fraction of sp³-hybridized carbons (Fsp3) is 1.00. The van der Waals surface area contributed by atoms with Gasteiger partial charge in [-0.15, -0.1) is 0 Å². The average molecular weight is 163 g/mol. The summed E-state index contributed by atoms with van der Waals surface area (Å²) in [6.07, 6.45) is 2.13. The second-order valence-electron chi connectivity index (χ2n) is 3.19. The molecule has 0 aromatic carbocycles. The minimum Gasteiger partial charge on any atom is -0.297 e. The van der Waals surface area contributed by atoms with Crippen molar-refractivity contribution >= 4 is 0 Å². The first-order valence-corrected chi connectivity index (χ1v) is 4.24. The van der Waals surface area contributed by atoms with Gasteiger partial charge < -0.3 is 0 Å². The SMILES string of the molecule is CCC(F)(F)CN1CCCC1. The fourth-order valence-corrected chi connectivity index (χ4v) is 1.38. The highest BCUT2D eigenvalue weighted by molar-refractivity contribution is 4.74. The molecule has 0 amide bonds. The lowest BCUT2D eigenvalue weighted by atomic mass is 10.2. The molecule has 1 aliphatic rings. The van der Waals surface area contributed by atoms with Gasteiger partial charge in [0, 0.05) is 6.42 Å². The third kappa shape index (κ3) is 2.73. The normalized spacial score (nSPS) is 21.0. The molecule has 0 unspecified atom stereocenters. The molecule has 0 atom stereocenters. The molecule has 66 valence electrons. The monoisotopic (exact) mass is 163 g/mol. The molecule has 0 bridgehead atoms. The summed E-state index contributed by atoms with van der Waals surface area (Å²) in [5, 5.41) is 0. The van der Waals surface area contributed by atoms with Crippen molar-refractivity contribution in [1.29, 1.82) is 0 Å². The van der Waals surface area contributed by atoms with Crippen LogP contribution in [0, 0.1) is 0 Å². The molecular formula is C8H15F2N. The quantitative estimate of drug-likeness (QED) is 0.616. The van der Waals surface area contributed by atoms with Crippen molar-refractivity contribution in [2.75, 3.05) is 19.6 Å². The summed E-state index contributed by atoms with van der Waals surface area (Å²) in [6, 6.07) is 0. The van der Waals surface area contributed by atoms with Gasteiger partial charge in [-0.25, -0.2) is 8.78 Å². The number of hydrogen-bond donors (Lipinski definition) is 0. The van der Waals surface area contributed by atoms with Crippen molar-refractivity contribution in [2.45, 2.75) is 32.1 Å². The zero-order chi connectivity index (χ0) is 8.32. The second kappa shape index (κ2) is 3.48. The molecule has 0 saturated carbocycles. The van der Waals surface area contributed by atoms with Crippen molar-refractivity contribution in [3.63, 3.8) is 0 Å². The van der Waals surface area contributed by atoms with Crippen LogP contribution in [0.4, 0.5) is 8.78 Å². The Morgan fingerprint density at radius 2 is 1.82 bits per heavy atom. The van der Waals surface area contributed by atoms with Gasteiger partial charge in [-0.1, -0.05) is 6.92 Å². The molecule has 1 rings (SSSR count). The van der Waals surface area contributed by atoms with Crippen LogP contribution in [0.1, 0.15) is 26.2 Å². The fourth-order valence-electron chi connectivity index (χ4n) is 1.38. The van der Waals surface area contributed by atoms with Crippen LogP contribution >= 0.6 is 0 Å². The van der Waals surface area contributed by atoms with Gasteiger partial charge in [0.2, 0.25) is 0 Å². The van der Waals surface area contributed by atoms with E-state index < -0.39 is 5.92 Å². The van der Waals surface area contributed by atoms with Gasteiger partial charge in [0.1, 0.15) is 0 Å². The van der Waals surface area contributed by atoms with E-state index in [1.807, 2.05) is 4.90 Å². The van der Waals surface area contributed by atoms with Gasteiger partial charge in [-0.2, -0.15) is 0 Å². The number of rotatable bonds is 3. The molecule has 1 heterocycles. The standard InChI is InChI=1S/C8H15F2N/c1-2-8(9,10)7-11-5-3-4-6-11/h2-7H2,1H3. The van der Waals surface area contributed by atoms with Crippen LogP contribution in [-0.4, -0.2) is 30.5 Å². The Hall–Kier alpha value is -0.180. The van der Waals surface area contributed by atoms with Gasteiger partial charge in [-0.05, 0) is 25.9 Å². The van der Waals surface area contributed by atoms with Crippen LogP contribution in [0.25, 0.3) is 0 Å². The second-order valence-corrected chi connectivity index (χ2v) is 3.19. The van der Waals surface area contributed by atoms with E-state index in [2.05, 4.69) is 0 Å². The highest BCUT2D eigenvalue weighted by atomic mass is 19.3. The number of likely N-dealkylation sites (tertiary alicyclic amines) is 1. The lowest BCUT2D eigenvalue weighted by Crippen LogP contribution is -2.34. The van der Waals surface area contributed by atoms with Gasteiger partial charge in [0.05, 0.1) is 6.54 Å². The molecule has 0 spiro atoms. The van der Waals surface area contributed by atoms with E-state index in [1.165, 1.54) is 6.92 Å². The highest BCUT2D eigenvalue weighted by Crippen LogP contribution is 2.21. The predicted molar refractivity (Wildman–Crippen MR) is 40.9 cm³/mol. The summed E-state index contributed by atoms with van der Waals surface area (Å²) >= 11 is 0. The van der Waals surface area contributed by atoms with Crippen molar-refractivity contribution < 1.29 is 8.78 Å². The Labute approximate surface area is 66.4 Å². The van der Waals surface area contributed by atoms with Crippen LogP contribution in [0.5, 0.6) is 0 Å². The van der Waals surface area contributed by atoms with E-state index in [4.69, 9.17) is 0 Å². The maximum Gasteiger partial charge on any atom is 0.260 e. The number of nitrogens with zero attached hydrogens (tertiary/aromatic N) is 1. The minimum absolute atomic E-state index is 0.0382. The van der Waals surface area contributed by atoms with Crippen molar-refractivity contribution in [3.8, 4) is 0 Å². The summed E-state index contributed by atoms with van der Waals surface area (Å²) in [4.78, 5) is 1.85. The molecule has 3 heteroatoms. The van der Waals surface area contributed by atoms with Crippen LogP contribution < -0.4 is 0 Å². The molecular weight excluding hydrogens is 148 g/mol. The molecule has 0 aromatic rings. The predicted octanol–water partition coefficient (Wildman–Crippen LogP) is 2.13. The lowest BCUT2D eigenvalue weighted by molar-refractivity contribution is -0.0301. The molecule has 0 aliphatic carbocycles. The third-order valence-electron chi connectivity index (χ3n) is 2.17. The maximum atomic E-state index is 12.8. The van der Waals surface area contributed by atoms with Crippen molar-refractivity contribution in [2.24, 2.45) is 0 Å². The van der Waals surface area contributed by atoms with Gasteiger partial charge in [0.15, 0.2) is 0 Å². The Kier molecular flexibility index (Phi) is 2.82. The van der Waals surface area contributed by atoms with E-state index in [-0.39, 0.29) is 13.0 Å². The molecule has 1 fully saturated rings. The van der Waals surface area contributed by atoms with Gasteiger partial charge in [0.25, 0.3) is 5.92 Å². The number of hydrogen-bond acceptors (Lipinski definition) is 1. The number of alkyl halides is 2. The largest absolute Gasteiger partial charge is 0.297 e. The molecule has 0 N–H and O–H groups in total. The minimum atomic E-state index is -2.47. The summed E-state index contributed by atoms with van der Waals surface area (Å²) < 4.78 is 25.5. The molecule has 1 aliphatic heterocycles. The first-order valence-electron chi connectivity index (χ1n) is 4.24. The Morgan fingerprint density at radius 1 is 1.27 bits per heavy atom. The first-order chi connectivity index (χ1) is 5.14. The Bertz CT molecular complexity index is 119. The van der Waals surface area contributed by atoms with E-state index >= 15 is 0 Å². The van der Waals surface area contributed by atoms with Crippen molar-refractivity contribution in [3.05, 3.63) is 0 Å². The van der Waals surface area contributed by atoms with E-state index in [1.54, 1.807) is 0 Å². The third-order valence-corrected chi connectivity index (χ3v) is 2.17. The van der Waals surface area contributed by atoms with Gasteiger partial charge in [-0.3, -0.25) is 4.90 Å². The van der Waals surface area contributed by atoms with E-state index in [9.17, 15) is 8.78 Å². The zero-order valence-electron chi connectivity index (χ0n) is 6.95. The van der Waals surface area contributed by atoms with Crippen LogP contribution in [0.3, 0.4) is 0 Å². The first kappa shape index (κ1) is 8.91. The van der Waals surface area contributed by atoms with E-state index in [0.29, 0.717) is 0 Å². The highest BCUT2D eigenvalue weighted by Gasteiger charge is 2.30. The molecule has 11 heavy (non-hydrogen) atoms. The summed E-state index contributed by atoms with van der Waals surface area (Å²) in [5.41, 5.74) is 0. The lowest BCUT2D eigenvalue weighted by Gasteiger charge is -2.21. The molecule has 0 aromatic heterocycles. The average Bonchev–Trinajstić information content (AvgIpc) is 2.39. The van der Waals surface area contributed by atoms with Crippen molar-refractivity contribution in [1.82, 2.24) is 4.90 Å². The van der Waals surface area contributed by atoms with Crippen LogP contribution in [-0.2, 0) is 0 Å². The van der Waals surface area contributed by atoms with Crippen LogP contribution in [0.2, 0.25) is 0 Å². The zero-order valence-corrected chi connectivity index (χ0v) is 6.95. The van der Waals surface area contributed by atoms with Gasteiger partial charge >= 0.3 is 0 Å². The molecule has 0 radical (unpaired) electrons. The van der Waals surface area contributed by atoms with E-state index in [0.717, 1.165) is 25.9 Å². The Balaban J connectivity index is 2.28. The Morgan fingerprint density at radius 3 is 2.27 bits per heavy atom. The summed E-state index contributed by atoms with van der Waals surface area (Å²) in [7, 11) is 0. The smallest absolute Gasteiger partial charge is 0.260 e. The topological polar surface area (TPSA) is 3.24 Å². The summed E-state index contributed by atoms with van der Waals surface area (Å²) in [5.74, 6) is -2.47. The molecule has 1 saturated heterocycles. The summed E-state index contributed by atoms with van der Waals surface area (Å²) in [6.45, 7) is 3.21.